The Bertz CT molecular complexity index is 656. The molecule has 1 amide bonds. The van der Waals surface area contributed by atoms with Crippen LogP contribution in [0.4, 0.5) is 5.69 Å². The molecule has 2 rings (SSSR count). The van der Waals surface area contributed by atoms with E-state index in [1.165, 1.54) is 18.7 Å². The fourth-order valence-electron chi connectivity index (χ4n) is 1.74. The molecule has 0 aliphatic heterocycles. The van der Waals surface area contributed by atoms with Gasteiger partial charge in [0.25, 0.3) is 5.91 Å². The van der Waals surface area contributed by atoms with Crippen molar-refractivity contribution in [1.29, 1.82) is 0 Å². The minimum absolute atomic E-state index is 0.0349. The number of Topliss-reactive ketones (excluding diaryl/α,β-unsaturated/α-hetero) is 1. The highest BCUT2D eigenvalue weighted by Gasteiger charge is 2.12. The average molecular weight is 286 g/mol. The Morgan fingerprint density at radius 2 is 2.00 bits per heavy atom. The molecule has 0 saturated heterocycles. The zero-order valence-electron chi connectivity index (χ0n) is 11.2. The summed E-state index contributed by atoms with van der Waals surface area (Å²) in [5.74, 6) is -0.268. The van der Waals surface area contributed by atoms with E-state index in [1.807, 2.05) is 6.26 Å². The summed E-state index contributed by atoms with van der Waals surface area (Å²) in [5.41, 5.74) is 1.69. The number of rotatable bonds is 4. The van der Waals surface area contributed by atoms with E-state index in [9.17, 15) is 9.59 Å². The number of nitrogens with one attached hydrogen (secondary N) is 1. The molecule has 1 N–H and O–H groups in total. The van der Waals surface area contributed by atoms with Crippen molar-refractivity contribution in [3.63, 3.8) is 0 Å². The van der Waals surface area contributed by atoms with Crippen molar-refractivity contribution in [2.75, 3.05) is 11.6 Å². The number of pyridine rings is 1. The molecule has 0 aliphatic rings. The number of thioether (sulfide) groups is 1. The number of carbonyl (C=O) groups excluding carboxylic acids is 2. The third kappa shape index (κ3) is 3.24. The molecule has 4 nitrogen and oxygen atoms in total. The van der Waals surface area contributed by atoms with Gasteiger partial charge in [-0.1, -0.05) is 12.1 Å². The average Bonchev–Trinajstić information content (AvgIpc) is 2.47. The maximum Gasteiger partial charge on any atom is 0.258 e. The molecule has 0 spiro atoms. The van der Waals surface area contributed by atoms with Crippen molar-refractivity contribution in [3.8, 4) is 0 Å². The largest absolute Gasteiger partial charge is 0.322 e. The van der Waals surface area contributed by atoms with Crippen LogP contribution < -0.4 is 5.32 Å². The van der Waals surface area contributed by atoms with Gasteiger partial charge in [-0.25, -0.2) is 4.98 Å². The smallest absolute Gasteiger partial charge is 0.258 e. The summed E-state index contributed by atoms with van der Waals surface area (Å²) in [6.45, 7) is 1.49. The fraction of sp³-hybridized carbons (Fsp3) is 0.133. The highest BCUT2D eigenvalue weighted by atomic mass is 32.2. The summed E-state index contributed by atoms with van der Waals surface area (Å²) in [6, 6.07) is 10.3. The lowest BCUT2D eigenvalue weighted by Crippen LogP contribution is -2.13. The van der Waals surface area contributed by atoms with Crippen molar-refractivity contribution >= 4 is 29.1 Å². The van der Waals surface area contributed by atoms with Gasteiger partial charge in [0.15, 0.2) is 5.78 Å². The Hall–Kier alpha value is -2.14. The van der Waals surface area contributed by atoms with Gasteiger partial charge in [-0.2, -0.15) is 0 Å². The number of carbonyl (C=O) groups is 2. The molecular weight excluding hydrogens is 272 g/mol. The second-order valence-electron chi connectivity index (χ2n) is 4.15. The standard InChI is InChI=1S/C15H14N2O2S/c1-10(18)11-5-3-6-12(9-11)17-14(19)13-7-4-8-16-15(13)20-2/h3-9H,1-2H3,(H,17,19). The van der Waals surface area contributed by atoms with Crippen LogP contribution in [-0.4, -0.2) is 22.9 Å². The SMILES string of the molecule is CSc1ncccc1C(=O)Nc1cccc(C(C)=O)c1. The molecule has 102 valence electrons. The second-order valence-corrected chi connectivity index (χ2v) is 4.95. The predicted octanol–water partition coefficient (Wildman–Crippen LogP) is 3.26. The Morgan fingerprint density at radius 3 is 2.70 bits per heavy atom. The first kappa shape index (κ1) is 14.3. The van der Waals surface area contributed by atoms with Gasteiger partial charge in [-0.15, -0.1) is 11.8 Å². The van der Waals surface area contributed by atoms with E-state index in [0.717, 1.165) is 0 Å². The van der Waals surface area contributed by atoms with Gasteiger partial charge in [0.2, 0.25) is 0 Å². The summed E-state index contributed by atoms with van der Waals surface area (Å²) in [6.07, 6.45) is 3.52. The van der Waals surface area contributed by atoms with E-state index in [1.54, 1.807) is 42.6 Å². The number of nitrogens with zero attached hydrogens (tertiary/aromatic N) is 1. The number of aromatic nitrogens is 1. The van der Waals surface area contributed by atoms with E-state index in [2.05, 4.69) is 10.3 Å². The number of hydrogen-bond donors (Lipinski definition) is 1. The lowest BCUT2D eigenvalue weighted by atomic mass is 10.1. The Labute approximate surface area is 121 Å². The molecule has 5 heteroatoms. The van der Waals surface area contributed by atoms with Crippen molar-refractivity contribution in [2.24, 2.45) is 0 Å². The van der Waals surface area contributed by atoms with Crippen LogP contribution in [0.2, 0.25) is 0 Å². The molecule has 1 aromatic heterocycles. The highest BCUT2D eigenvalue weighted by molar-refractivity contribution is 7.98. The molecular formula is C15H14N2O2S. The Morgan fingerprint density at radius 1 is 1.20 bits per heavy atom. The molecule has 0 radical (unpaired) electrons. The lowest BCUT2D eigenvalue weighted by molar-refractivity contribution is 0.101. The van der Waals surface area contributed by atoms with E-state index in [4.69, 9.17) is 0 Å². The van der Waals surface area contributed by atoms with E-state index < -0.39 is 0 Å². The first-order valence-corrected chi connectivity index (χ1v) is 7.25. The number of anilines is 1. The van der Waals surface area contributed by atoms with Gasteiger partial charge in [-0.05, 0) is 37.4 Å². The molecule has 2 aromatic rings. The second kappa shape index (κ2) is 6.34. The van der Waals surface area contributed by atoms with Gasteiger partial charge in [0, 0.05) is 17.4 Å². The third-order valence-electron chi connectivity index (χ3n) is 2.74. The van der Waals surface area contributed by atoms with Gasteiger partial charge in [0.05, 0.1) is 5.56 Å². The molecule has 1 heterocycles. The summed E-state index contributed by atoms with van der Waals surface area (Å²) in [4.78, 5) is 27.7. The predicted molar refractivity (Wildman–Crippen MR) is 80.4 cm³/mol. The van der Waals surface area contributed by atoms with Crippen LogP contribution in [0.1, 0.15) is 27.6 Å². The van der Waals surface area contributed by atoms with Crippen LogP contribution in [0.3, 0.4) is 0 Å². The van der Waals surface area contributed by atoms with Crippen LogP contribution in [0.25, 0.3) is 0 Å². The monoisotopic (exact) mass is 286 g/mol. The molecule has 0 fully saturated rings. The zero-order valence-corrected chi connectivity index (χ0v) is 12.0. The molecule has 1 aromatic carbocycles. The van der Waals surface area contributed by atoms with E-state index in [0.29, 0.717) is 21.8 Å². The van der Waals surface area contributed by atoms with Crippen molar-refractivity contribution in [1.82, 2.24) is 4.98 Å². The Balaban J connectivity index is 2.23. The van der Waals surface area contributed by atoms with Crippen molar-refractivity contribution in [3.05, 3.63) is 53.7 Å². The minimum Gasteiger partial charge on any atom is -0.322 e. The quantitative estimate of drug-likeness (QED) is 0.692. The van der Waals surface area contributed by atoms with Gasteiger partial charge in [-0.3, -0.25) is 9.59 Å². The zero-order chi connectivity index (χ0) is 14.5. The van der Waals surface area contributed by atoms with E-state index >= 15 is 0 Å². The molecule has 0 saturated carbocycles. The number of ketones is 1. The van der Waals surface area contributed by atoms with Crippen LogP contribution in [0.5, 0.6) is 0 Å². The van der Waals surface area contributed by atoms with Crippen molar-refractivity contribution < 1.29 is 9.59 Å². The number of hydrogen-bond acceptors (Lipinski definition) is 4. The first-order valence-electron chi connectivity index (χ1n) is 6.03. The van der Waals surface area contributed by atoms with Crippen molar-refractivity contribution in [2.45, 2.75) is 11.9 Å². The highest BCUT2D eigenvalue weighted by Crippen LogP contribution is 2.19. The molecule has 20 heavy (non-hydrogen) atoms. The van der Waals surface area contributed by atoms with Crippen LogP contribution in [0, 0.1) is 0 Å². The van der Waals surface area contributed by atoms with Crippen LogP contribution in [-0.2, 0) is 0 Å². The number of amides is 1. The fourth-order valence-corrected chi connectivity index (χ4v) is 2.29. The maximum absolute atomic E-state index is 12.2. The van der Waals surface area contributed by atoms with Crippen LogP contribution in [0.15, 0.2) is 47.6 Å². The minimum atomic E-state index is -0.233. The maximum atomic E-state index is 12.2. The third-order valence-corrected chi connectivity index (χ3v) is 3.45. The number of benzene rings is 1. The van der Waals surface area contributed by atoms with E-state index in [-0.39, 0.29) is 11.7 Å². The summed E-state index contributed by atoms with van der Waals surface area (Å²) in [7, 11) is 0. The topological polar surface area (TPSA) is 59.1 Å². The normalized spacial score (nSPS) is 10.1. The molecule has 0 bridgehead atoms. The molecule has 0 unspecified atom stereocenters. The van der Waals surface area contributed by atoms with Gasteiger partial charge >= 0.3 is 0 Å². The van der Waals surface area contributed by atoms with Gasteiger partial charge < -0.3 is 5.32 Å². The molecule has 0 aliphatic carbocycles. The van der Waals surface area contributed by atoms with Crippen LogP contribution >= 0.6 is 11.8 Å². The lowest BCUT2D eigenvalue weighted by Gasteiger charge is -2.08. The summed E-state index contributed by atoms with van der Waals surface area (Å²) in [5, 5.41) is 3.46. The molecule has 0 atom stereocenters. The first-order chi connectivity index (χ1) is 9.61. The van der Waals surface area contributed by atoms with Gasteiger partial charge in [0.1, 0.15) is 5.03 Å². The summed E-state index contributed by atoms with van der Waals surface area (Å²) >= 11 is 1.42. The Kier molecular flexibility index (Phi) is 4.53. The summed E-state index contributed by atoms with van der Waals surface area (Å²) < 4.78 is 0.